The first-order valence-electron chi connectivity index (χ1n) is 8.98. The van der Waals surface area contributed by atoms with Crippen molar-refractivity contribution in [1.29, 1.82) is 0 Å². The molecular weight excluding hydrogens is 326 g/mol. The van der Waals surface area contributed by atoms with Crippen LogP contribution in [0.3, 0.4) is 0 Å². The monoisotopic (exact) mass is 349 g/mol. The Hall–Kier alpha value is -2.57. The fraction of sp³-hybridized carbons (Fsp3) is 0.350. The second-order valence-electron chi connectivity index (χ2n) is 6.50. The van der Waals surface area contributed by atoms with Gasteiger partial charge in [0, 0.05) is 25.5 Å². The lowest BCUT2D eigenvalue weighted by Gasteiger charge is -2.34. The average molecular weight is 349 g/mol. The molecule has 0 N–H and O–H groups in total. The summed E-state index contributed by atoms with van der Waals surface area (Å²) in [6.45, 7) is 5.88. The third-order valence-electron chi connectivity index (χ3n) is 4.64. The summed E-state index contributed by atoms with van der Waals surface area (Å²) in [6.07, 6.45) is 3.73. The largest absolute Gasteiger partial charge is 0.379 e. The molecule has 4 rings (SSSR count). The number of hydrogen-bond donors (Lipinski definition) is 0. The van der Waals surface area contributed by atoms with Crippen molar-refractivity contribution in [3.8, 4) is 0 Å². The van der Waals surface area contributed by atoms with Gasteiger partial charge in [0.15, 0.2) is 0 Å². The van der Waals surface area contributed by atoms with Crippen molar-refractivity contribution in [3.63, 3.8) is 0 Å². The Kier molecular flexibility index (Phi) is 5.04. The Bertz CT molecular complexity index is 828. The first-order chi connectivity index (χ1) is 12.8. The van der Waals surface area contributed by atoms with Gasteiger partial charge in [-0.3, -0.25) is 9.88 Å². The van der Waals surface area contributed by atoms with Crippen LogP contribution in [-0.4, -0.2) is 51.0 Å². The number of rotatable bonds is 5. The van der Waals surface area contributed by atoms with Gasteiger partial charge in [0.1, 0.15) is 11.6 Å². The van der Waals surface area contributed by atoms with Gasteiger partial charge in [0.2, 0.25) is 0 Å². The molecular formula is C20H23N5O. The highest BCUT2D eigenvalue weighted by Gasteiger charge is 2.29. The van der Waals surface area contributed by atoms with E-state index in [1.807, 2.05) is 29.9 Å². The highest BCUT2D eigenvalue weighted by atomic mass is 16.5. The standard InChI is InChI=1S/C20H23N5O/c1-16-22-20(25(23-16)15-17-6-3-2-4-7-17)19(18-8-5-9-21-14-18)24-10-12-26-13-11-24/h2-9,14,19H,10-13,15H2,1H3/t19-/m1/s1. The van der Waals surface area contributed by atoms with E-state index >= 15 is 0 Å². The number of morpholine rings is 1. The third-order valence-corrected chi connectivity index (χ3v) is 4.64. The summed E-state index contributed by atoms with van der Waals surface area (Å²) in [5.41, 5.74) is 2.35. The molecule has 1 atom stereocenters. The molecule has 0 unspecified atom stereocenters. The van der Waals surface area contributed by atoms with Crippen LogP contribution in [0.5, 0.6) is 0 Å². The summed E-state index contributed by atoms with van der Waals surface area (Å²) >= 11 is 0. The molecule has 1 aromatic carbocycles. The smallest absolute Gasteiger partial charge is 0.149 e. The molecule has 0 radical (unpaired) electrons. The van der Waals surface area contributed by atoms with Crippen LogP contribution in [0.2, 0.25) is 0 Å². The molecule has 0 spiro atoms. The van der Waals surface area contributed by atoms with Crippen LogP contribution in [0.4, 0.5) is 0 Å². The Labute approximate surface area is 153 Å². The van der Waals surface area contributed by atoms with Crippen molar-refractivity contribution in [1.82, 2.24) is 24.6 Å². The molecule has 0 bridgehead atoms. The normalized spacial score (nSPS) is 16.5. The van der Waals surface area contributed by atoms with Crippen LogP contribution in [-0.2, 0) is 11.3 Å². The SMILES string of the molecule is Cc1nc([C@@H](c2cccnc2)N2CCOCC2)n(Cc2ccccc2)n1. The second-order valence-corrected chi connectivity index (χ2v) is 6.50. The van der Waals surface area contributed by atoms with E-state index in [-0.39, 0.29) is 6.04 Å². The van der Waals surface area contributed by atoms with E-state index in [9.17, 15) is 0 Å². The fourth-order valence-electron chi connectivity index (χ4n) is 3.44. The van der Waals surface area contributed by atoms with Crippen molar-refractivity contribution < 1.29 is 4.74 Å². The molecule has 0 saturated carbocycles. The minimum atomic E-state index is 0.0255. The van der Waals surface area contributed by atoms with Gasteiger partial charge < -0.3 is 4.74 Å². The van der Waals surface area contributed by atoms with Gasteiger partial charge in [0.05, 0.1) is 25.8 Å². The molecule has 134 valence electrons. The Morgan fingerprint density at radius 1 is 1.08 bits per heavy atom. The number of nitrogens with zero attached hydrogens (tertiary/aromatic N) is 5. The van der Waals surface area contributed by atoms with Gasteiger partial charge in [0.25, 0.3) is 0 Å². The van der Waals surface area contributed by atoms with Gasteiger partial charge in [-0.05, 0) is 24.1 Å². The summed E-state index contributed by atoms with van der Waals surface area (Å²) in [5.74, 6) is 1.75. The molecule has 6 heteroatoms. The van der Waals surface area contributed by atoms with Gasteiger partial charge >= 0.3 is 0 Å². The van der Waals surface area contributed by atoms with Crippen LogP contribution in [0.1, 0.15) is 28.8 Å². The lowest BCUT2D eigenvalue weighted by Crippen LogP contribution is -2.40. The number of pyridine rings is 1. The average Bonchev–Trinajstić information content (AvgIpc) is 3.04. The van der Waals surface area contributed by atoms with Gasteiger partial charge in [-0.15, -0.1) is 0 Å². The summed E-state index contributed by atoms with van der Waals surface area (Å²) in [7, 11) is 0. The zero-order valence-electron chi connectivity index (χ0n) is 15.0. The van der Waals surface area contributed by atoms with E-state index in [0.717, 1.165) is 43.5 Å². The van der Waals surface area contributed by atoms with Gasteiger partial charge in [-0.25, -0.2) is 9.67 Å². The first kappa shape index (κ1) is 16.9. The quantitative estimate of drug-likeness (QED) is 0.708. The Balaban J connectivity index is 1.73. The molecule has 3 aromatic rings. The summed E-state index contributed by atoms with van der Waals surface area (Å²) in [5, 5.41) is 4.67. The van der Waals surface area contributed by atoms with Gasteiger partial charge in [-0.2, -0.15) is 5.10 Å². The van der Waals surface area contributed by atoms with E-state index in [1.54, 1.807) is 6.20 Å². The number of aromatic nitrogens is 4. The Morgan fingerprint density at radius 3 is 2.62 bits per heavy atom. The van der Waals surface area contributed by atoms with E-state index in [2.05, 4.69) is 45.3 Å². The maximum absolute atomic E-state index is 5.55. The van der Waals surface area contributed by atoms with E-state index in [1.165, 1.54) is 5.56 Å². The topological polar surface area (TPSA) is 56.1 Å². The molecule has 3 heterocycles. The minimum Gasteiger partial charge on any atom is -0.379 e. The maximum Gasteiger partial charge on any atom is 0.149 e. The zero-order valence-corrected chi connectivity index (χ0v) is 15.0. The van der Waals surface area contributed by atoms with Crippen LogP contribution in [0.25, 0.3) is 0 Å². The maximum atomic E-state index is 5.55. The molecule has 0 amide bonds. The predicted molar refractivity (Wildman–Crippen MR) is 98.8 cm³/mol. The number of aryl methyl sites for hydroxylation is 1. The number of ether oxygens (including phenoxy) is 1. The van der Waals surface area contributed by atoms with Crippen molar-refractivity contribution >= 4 is 0 Å². The number of hydrogen-bond acceptors (Lipinski definition) is 5. The van der Waals surface area contributed by atoms with Crippen LogP contribution < -0.4 is 0 Å². The number of benzene rings is 1. The van der Waals surface area contributed by atoms with Crippen molar-refractivity contribution in [2.45, 2.75) is 19.5 Å². The molecule has 26 heavy (non-hydrogen) atoms. The molecule has 2 aromatic heterocycles. The van der Waals surface area contributed by atoms with Crippen molar-refractivity contribution in [2.24, 2.45) is 0 Å². The van der Waals surface area contributed by atoms with Crippen LogP contribution in [0, 0.1) is 6.92 Å². The van der Waals surface area contributed by atoms with Crippen molar-refractivity contribution in [2.75, 3.05) is 26.3 Å². The van der Waals surface area contributed by atoms with E-state index in [4.69, 9.17) is 9.72 Å². The molecule has 1 saturated heterocycles. The molecule has 1 fully saturated rings. The third kappa shape index (κ3) is 3.66. The zero-order chi connectivity index (χ0) is 17.8. The first-order valence-corrected chi connectivity index (χ1v) is 8.98. The summed E-state index contributed by atoms with van der Waals surface area (Å²) < 4.78 is 7.58. The fourth-order valence-corrected chi connectivity index (χ4v) is 3.44. The highest BCUT2D eigenvalue weighted by Crippen LogP contribution is 2.28. The van der Waals surface area contributed by atoms with Crippen molar-refractivity contribution in [3.05, 3.63) is 77.6 Å². The second kappa shape index (κ2) is 7.76. The molecule has 6 nitrogen and oxygen atoms in total. The predicted octanol–water partition coefficient (Wildman–Crippen LogP) is 2.45. The summed E-state index contributed by atoms with van der Waals surface area (Å²) in [4.78, 5) is 11.5. The molecule has 1 aliphatic heterocycles. The molecule has 1 aliphatic rings. The lowest BCUT2D eigenvalue weighted by molar-refractivity contribution is 0.0216. The minimum absolute atomic E-state index is 0.0255. The summed E-state index contributed by atoms with van der Waals surface area (Å²) in [6, 6.07) is 14.5. The van der Waals surface area contributed by atoms with Crippen LogP contribution >= 0.6 is 0 Å². The highest BCUT2D eigenvalue weighted by molar-refractivity contribution is 5.23. The Morgan fingerprint density at radius 2 is 1.88 bits per heavy atom. The van der Waals surface area contributed by atoms with E-state index < -0.39 is 0 Å². The molecule has 0 aliphatic carbocycles. The van der Waals surface area contributed by atoms with Crippen LogP contribution in [0.15, 0.2) is 54.9 Å². The lowest BCUT2D eigenvalue weighted by atomic mass is 10.1. The van der Waals surface area contributed by atoms with E-state index in [0.29, 0.717) is 6.54 Å². The van der Waals surface area contributed by atoms with Gasteiger partial charge in [-0.1, -0.05) is 36.4 Å².